The fourth-order valence-electron chi connectivity index (χ4n) is 4.02. The summed E-state index contributed by atoms with van der Waals surface area (Å²) >= 11 is 0. The molecule has 3 aromatic heterocycles. The van der Waals surface area contributed by atoms with Gasteiger partial charge in [-0.15, -0.1) is 0 Å². The summed E-state index contributed by atoms with van der Waals surface area (Å²) in [7, 11) is 1.63. The number of methoxy groups -OCH3 is 1. The molecule has 1 aliphatic rings. The van der Waals surface area contributed by atoms with Crippen LogP contribution in [0, 0.1) is 26.2 Å². The van der Waals surface area contributed by atoms with E-state index in [0.717, 1.165) is 38.9 Å². The summed E-state index contributed by atoms with van der Waals surface area (Å²) < 4.78 is 11.1. The highest BCUT2D eigenvalue weighted by Gasteiger charge is 2.21. The Morgan fingerprint density at radius 3 is 2.73 bits per heavy atom. The standard InChI is InChI=1S/C23H22N8O2/c1-11-19(12(2)33-31-11)15-8-16-14(9-18(15)32-4)20-22(29-16)27-13(3)28-23(20)30-17(10-24)21-25-6-5-7-26-21/h5-10,24-25H,1-4H3,(H2,27,28,29,30)/b21-17-,24-10?. The van der Waals surface area contributed by atoms with Crippen molar-refractivity contribution in [2.24, 2.45) is 4.99 Å². The number of ether oxygens (including phenoxy) is 1. The molecular weight excluding hydrogens is 420 g/mol. The maximum atomic E-state index is 7.88. The lowest BCUT2D eigenvalue weighted by Gasteiger charge is -2.13. The van der Waals surface area contributed by atoms with Crippen molar-refractivity contribution in [1.82, 2.24) is 25.4 Å². The number of rotatable bonds is 5. The van der Waals surface area contributed by atoms with Gasteiger partial charge in [-0.05, 0) is 39.0 Å². The third-order valence-corrected chi connectivity index (χ3v) is 5.44. The molecule has 4 N–H and O–H groups in total. The van der Waals surface area contributed by atoms with Gasteiger partial charge in [0.05, 0.1) is 23.8 Å². The van der Waals surface area contributed by atoms with E-state index < -0.39 is 0 Å². The normalized spacial score (nSPS) is 14.5. The van der Waals surface area contributed by atoms with Crippen LogP contribution >= 0.6 is 0 Å². The number of nitrogens with one attached hydrogen (secondary N) is 4. The fourth-order valence-corrected chi connectivity index (χ4v) is 4.02. The van der Waals surface area contributed by atoms with E-state index in [1.807, 2.05) is 32.9 Å². The summed E-state index contributed by atoms with van der Waals surface area (Å²) in [6.07, 6.45) is 6.39. The first-order valence-corrected chi connectivity index (χ1v) is 10.3. The maximum Gasteiger partial charge on any atom is 0.155 e. The topological polar surface area (TPSA) is 137 Å². The molecule has 0 atom stereocenters. The molecule has 166 valence electrons. The number of nitrogens with zero attached hydrogens (tertiary/aromatic N) is 4. The van der Waals surface area contributed by atoms with Crippen LogP contribution in [0.2, 0.25) is 0 Å². The van der Waals surface area contributed by atoms with Crippen molar-refractivity contribution in [3.05, 3.63) is 53.2 Å². The summed E-state index contributed by atoms with van der Waals surface area (Å²) in [5.74, 6) is 3.07. The first-order valence-electron chi connectivity index (χ1n) is 10.3. The number of H-pyrrole nitrogens is 1. The van der Waals surface area contributed by atoms with Crippen molar-refractivity contribution in [2.45, 2.75) is 20.8 Å². The van der Waals surface area contributed by atoms with Crippen LogP contribution in [-0.2, 0) is 0 Å². The van der Waals surface area contributed by atoms with Gasteiger partial charge in [-0.1, -0.05) is 5.16 Å². The SMILES string of the molecule is COc1cc2c(cc1-c1c(C)noc1C)[nH]c1nc(C)nc(N/C(C=N)=C3\N=CC=CN3)c12. The Balaban J connectivity index is 1.74. The van der Waals surface area contributed by atoms with Crippen molar-refractivity contribution in [1.29, 1.82) is 5.41 Å². The van der Waals surface area contributed by atoms with Gasteiger partial charge >= 0.3 is 0 Å². The van der Waals surface area contributed by atoms with E-state index >= 15 is 0 Å². The smallest absolute Gasteiger partial charge is 0.155 e. The Hall–Kier alpha value is -4.47. The first kappa shape index (κ1) is 20.4. The van der Waals surface area contributed by atoms with E-state index in [0.29, 0.717) is 34.6 Å². The number of fused-ring (bicyclic) bond motifs is 3. The number of aromatic amines is 1. The molecule has 10 nitrogen and oxygen atoms in total. The molecule has 0 radical (unpaired) electrons. The van der Waals surface area contributed by atoms with Crippen LogP contribution in [0.15, 0.2) is 45.4 Å². The third-order valence-electron chi connectivity index (χ3n) is 5.44. The number of aromatic nitrogens is 4. The van der Waals surface area contributed by atoms with Crippen LogP contribution < -0.4 is 15.4 Å². The molecule has 0 saturated heterocycles. The Morgan fingerprint density at radius 2 is 2.06 bits per heavy atom. The zero-order chi connectivity index (χ0) is 23.1. The maximum absolute atomic E-state index is 7.88. The summed E-state index contributed by atoms with van der Waals surface area (Å²) in [5, 5.41) is 19.9. The van der Waals surface area contributed by atoms with Crippen LogP contribution in [-0.4, -0.2) is 39.6 Å². The van der Waals surface area contributed by atoms with Gasteiger partial charge < -0.3 is 30.3 Å². The fraction of sp³-hybridized carbons (Fsp3) is 0.174. The first-order chi connectivity index (χ1) is 16.0. The quantitative estimate of drug-likeness (QED) is 0.341. The minimum Gasteiger partial charge on any atom is -0.496 e. The van der Waals surface area contributed by atoms with Crippen molar-refractivity contribution in [3.8, 4) is 16.9 Å². The molecule has 0 amide bonds. The summed E-state index contributed by atoms with van der Waals surface area (Å²) in [5.41, 5.74) is 4.58. The van der Waals surface area contributed by atoms with Gasteiger partial charge in [-0.2, -0.15) is 0 Å². The number of aliphatic imine (C=N–C) groups is 1. The molecule has 0 aliphatic carbocycles. The van der Waals surface area contributed by atoms with Crippen molar-refractivity contribution in [2.75, 3.05) is 12.4 Å². The largest absolute Gasteiger partial charge is 0.496 e. The van der Waals surface area contributed by atoms with Gasteiger partial charge in [0, 0.05) is 35.1 Å². The summed E-state index contributed by atoms with van der Waals surface area (Å²) in [6.45, 7) is 5.61. The average molecular weight is 442 g/mol. The minimum absolute atomic E-state index is 0.476. The van der Waals surface area contributed by atoms with Crippen molar-refractivity contribution >= 4 is 40.2 Å². The van der Waals surface area contributed by atoms with Crippen molar-refractivity contribution in [3.63, 3.8) is 0 Å². The van der Waals surface area contributed by atoms with Gasteiger partial charge in [0.15, 0.2) is 5.82 Å². The second-order valence-corrected chi connectivity index (χ2v) is 7.58. The molecule has 1 aliphatic heterocycles. The predicted octanol–water partition coefficient (Wildman–Crippen LogP) is 4.12. The highest BCUT2D eigenvalue weighted by Crippen LogP contribution is 2.40. The predicted molar refractivity (Wildman–Crippen MR) is 128 cm³/mol. The lowest BCUT2D eigenvalue weighted by Crippen LogP contribution is -2.15. The van der Waals surface area contributed by atoms with Crippen LogP contribution in [0.4, 0.5) is 5.82 Å². The van der Waals surface area contributed by atoms with Gasteiger partial charge in [0.25, 0.3) is 0 Å². The number of aryl methyl sites for hydroxylation is 3. The number of anilines is 1. The Labute approximate surface area is 189 Å². The third kappa shape index (κ3) is 3.41. The van der Waals surface area contributed by atoms with Crippen LogP contribution in [0.25, 0.3) is 33.1 Å². The molecule has 5 rings (SSSR count). The second-order valence-electron chi connectivity index (χ2n) is 7.58. The highest BCUT2D eigenvalue weighted by molar-refractivity contribution is 6.13. The molecule has 0 spiro atoms. The molecule has 4 aromatic rings. The number of allylic oxidation sites excluding steroid dienone is 2. The number of hydrogen-bond donors (Lipinski definition) is 4. The summed E-state index contributed by atoms with van der Waals surface area (Å²) in [6, 6.07) is 3.96. The minimum atomic E-state index is 0.476. The zero-order valence-electron chi connectivity index (χ0n) is 18.6. The molecule has 1 aromatic carbocycles. The van der Waals surface area contributed by atoms with Crippen molar-refractivity contribution < 1.29 is 9.26 Å². The van der Waals surface area contributed by atoms with E-state index in [4.69, 9.17) is 14.7 Å². The van der Waals surface area contributed by atoms with Crippen LogP contribution in [0.1, 0.15) is 17.3 Å². The average Bonchev–Trinajstić information content (AvgIpc) is 3.34. The van der Waals surface area contributed by atoms with Crippen LogP contribution in [0.5, 0.6) is 5.75 Å². The van der Waals surface area contributed by atoms with E-state index in [-0.39, 0.29) is 0 Å². The molecule has 0 bridgehead atoms. The van der Waals surface area contributed by atoms with Gasteiger partial charge in [-0.25, -0.2) is 15.0 Å². The molecule has 0 saturated carbocycles. The Kier molecular flexibility index (Phi) is 4.89. The molecule has 4 heterocycles. The van der Waals surface area contributed by atoms with E-state index in [9.17, 15) is 0 Å². The lowest BCUT2D eigenvalue weighted by atomic mass is 10.0. The molecule has 0 unspecified atom stereocenters. The number of benzene rings is 1. The monoisotopic (exact) mass is 442 g/mol. The van der Waals surface area contributed by atoms with Gasteiger partial charge in [-0.3, -0.25) is 0 Å². The highest BCUT2D eigenvalue weighted by atomic mass is 16.5. The summed E-state index contributed by atoms with van der Waals surface area (Å²) in [4.78, 5) is 16.9. The zero-order valence-corrected chi connectivity index (χ0v) is 18.6. The van der Waals surface area contributed by atoms with Crippen LogP contribution in [0.3, 0.4) is 0 Å². The number of hydrogen-bond acceptors (Lipinski definition) is 9. The lowest BCUT2D eigenvalue weighted by molar-refractivity contribution is 0.393. The molecule has 10 heteroatoms. The van der Waals surface area contributed by atoms with E-state index in [2.05, 4.69) is 35.7 Å². The van der Waals surface area contributed by atoms with E-state index in [1.54, 1.807) is 25.6 Å². The van der Waals surface area contributed by atoms with Gasteiger partial charge in [0.2, 0.25) is 0 Å². The second kappa shape index (κ2) is 7.90. The Morgan fingerprint density at radius 1 is 1.21 bits per heavy atom. The van der Waals surface area contributed by atoms with E-state index in [1.165, 1.54) is 6.21 Å². The Bertz CT molecular complexity index is 1490. The molecule has 33 heavy (non-hydrogen) atoms. The molecule has 0 fully saturated rings. The van der Waals surface area contributed by atoms with Gasteiger partial charge in [0.1, 0.15) is 34.5 Å². The molecular formula is C23H22N8O2.